The molecule has 0 bridgehead atoms. The summed E-state index contributed by atoms with van der Waals surface area (Å²) < 4.78 is 15.8. The fraction of sp³-hybridized carbons (Fsp3) is 0.450. The van der Waals surface area contributed by atoms with Crippen LogP contribution in [0.3, 0.4) is 0 Å². The second-order valence-electron chi connectivity index (χ2n) is 6.96. The molecule has 2 aromatic rings. The van der Waals surface area contributed by atoms with Gasteiger partial charge in [-0.2, -0.15) is 0 Å². The van der Waals surface area contributed by atoms with Crippen LogP contribution in [0.2, 0.25) is 0 Å². The fourth-order valence-electron chi connectivity index (χ4n) is 3.43. The molecule has 1 N–H and O–H groups in total. The minimum absolute atomic E-state index is 0.216. The van der Waals surface area contributed by atoms with Gasteiger partial charge in [-0.05, 0) is 17.7 Å². The van der Waals surface area contributed by atoms with E-state index in [9.17, 15) is 4.79 Å². The highest BCUT2D eigenvalue weighted by molar-refractivity contribution is 5.92. The van der Waals surface area contributed by atoms with Crippen molar-refractivity contribution in [2.75, 3.05) is 58.1 Å². The van der Waals surface area contributed by atoms with Crippen LogP contribution >= 0.6 is 0 Å². The van der Waals surface area contributed by atoms with Gasteiger partial charge in [-0.1, -0.05) is 6.07 Å². The van der Waals surface area contributed by atoms with Gasteiger partial charge in [0, 0.05) is 52.4 Å². The Bertz CT molecular complexity index is 855. The lowest BCUT2D eigenvalue weighted by Crippen LogP contribution is -2.46. The maximum absolute atomic E-state index is 12.2. The molecular formula is C20H25N5O4. The van der Waals surface area contributed by atoms with Crippen molar-refractivity contribution in [1.82, 2.24) is 20.2 Å². The average molecular weight is 399 g/mol. The Balaban J connectivity index is 1.31. The SMILES string of the molecule is COCCNC(=O)c1cc(N2CCN(Cc3ccc4c(c3)OCO4)CC2)ncn1. The van der Waals surface area contributed by atoms with E-state index in [0.717, 1.165) is 50.0 Å². The molecular weight excluding hydrogens is 374 g/mol. The zero-order chi connectivity index (χ0) is 20.1. The molecule has 154 valence electrons. The van der Waals surface area contributed by atoms with Crippen LogP contribution in [0.25, 0.3) is 0 Å². The molecule has 1 aromatic carbocycles. The van der Waals surface area contributed by atoms with Crippen LogP contribution in [-0.4, -0.2) is 74.0 Å². The Morgan fingerprint density at radius 1 is 1.14 bits per heavy atom. The van der Waals surface area contributed by atoms with E-state index in [1.807, 2.05) is 12.1 Å². The molecule has 2 aliphatic heterocycles. The molecule has 0 unspecified atom stereocenters. The second kappa shape index (κ2) is 9.06. The molecule has 4 rings (SSSR count). The van der Waals surface area contributed by atoms with Crippen LogP contribution < -0.4 is 19.7 Å². The summed E-state index contributed by atoms with van der Waals surface area (Å²) in [7, 11) is 1.60. The molecule has 1 saturated heterocycles. The number of piperazine rings is 1. The lowest BCUT2D eigenvalue weighted by Gasteiger charge is -2.35. The number of carbonyl (C=O) groups excluding carboxylic acids is 1. The predicted molar refractivity (Wildman–Crippen MR) is 106 cm³/mol. The van der Waals surface area contributed by atoms with E-state index < -0.39 is 0 Å². The summed E-state index contributed by atoms with van der Waals surface area (Å²) in [5, 5.41) is 2.78. The number of benzene rings is 1. The Morgan fingerprint density at radius 3 is 2.79 bits per heavy atom. The summed E-state index contributed by atoms with van der Waals surface area (Å²) in [6.07, 6.45) is 1.44. The molecule has 0 spiro atoms. The quantitative estimate of drug-likeness (QED) is 0.687. The van der Waals surface area contributed by atoms with Crippen molar-refractivity contribution in [1.29, 1.82) is 0 Å². The van der Waals surface area contributed by atoms with Gasteiger partial charge in [0.15, 0.2) is 11.5 Å². The molecule has 0 atom stereocenters. The minimum Gasteiger partial charge on any atom is -0.454 e. The van der Waals surface area contributed by atoms with Gasteiger partial charge in [0.25, 0.3) is 5.91 Å². The van der Waals surface area contributed by atoms with E-state index in [0.29, 0.717) is 25.6 Å². The molecule has 1 fully saturated rings. The van der Waals surface area contributed by atoms with Gasteiger partial charge < -0.3 is 24.4 Å². The molecule has 1 aromatic heterocycles. The predicted octanol–water partition coefficient (Wildman–Crippen LogP) is 0.904. The van der Waals surface area contributed by atoms with Crippen molar-refractivity contribution in [2.45, 2.75) is 6.54 Å². The number of hydrogen-bond acceptors (Lipinski definition) is 8. The topological polar surface area (TPSA) is 89.1 Å². The Morgan fingerprint density at radius 2 is 1.97 bits per heavy atom. The highest BCUT2D eigenvalue weighted by Gasteiger charge is 2.21. The molecule has 9 heteroatoms. The van der Waals surface area contributed by atoms with Crippen molar-refractivity contribution in [2.24, 2.45) is 0 Å². The van der Waals surface area contributed by atoms with Crippen molar-refractivity contribution >= 4 is 11.7 Å². The maximum Gasteiger partial charge on any atom is 0.270 e. The normalized spacial score (nSPS) is 16.1. The fourth-order valence-corrected chi connectivity index (χ4v) is 3.43. The molecule has 0 saturated carbocycles. The summed E-state index contributed by atoms with van der Waals surface area (Å²) in [6, 6.07) is 7.84. The lowest BCUT2D eigenvalue weighted by molar-refractivity contribution is 0.0932. The summed E-state index contributed by atoms with van der Waals surface area (Å²) in [4.78, 5) is 25.2. The third-order valence-electron chi connectivity index (χ3n) is 5.02. The number of amides is 1. The van der Waals surface area contributed by atoms with E-state index in [1.54, 1.807) is 13.2 Å². The first-order chi connectivity index (χ1) is 14.2. The van der Waals surface area contributed by atoms with Gasteiger partial charge in [0.2, 0.25) is 6.79 Å². The van der Waals surface area contributed by atoms with Crippen LogP contribution in [0, 0.1) is 0 Å². The highest BCUT2D eigenvalue weighted by atomic mass is 16.7. The number of nitrogens with zero attached hydrogens (tertiary/aromatic N) is 4. The van der Waals surface area contributed by atoms with Crippen LogP contribution in [0.4, 0.5) is 5.82 Å². The second-order valence-corrected chi connectivity index (χ2v) is 6.96. The number of carbonyl (C=O) groups is 1. The van der Waals surface area contributed by atoms with Gasteiger partial charge in [0.05, 0.1) is 6.61 Å². The van der Waals surface area contributed by atoms with E-state index in [2.05, 4.69) is 31.2 Å². The molecule has 1 amide bonds. The maximum atomic E-state index is 12.2. The smallest absolute Gasteiger partial charge is 0.270 e. The first kappa shape index (κ1) is 19.4. The first-order valence-corrected chi connectivity index (χ1v) is 9.68. The van der Waals surface area contributed by atoms with Gasteiger partial charge in [-0.3, -0.25) is 9.69 Å². The Kier molecular flexibility index (Phi) is 6.06. The summed E-state index contributed by atoms with van der Waals surface area (Å²) in [5.41, 5.74) is 1.58. The third kappa shape index (κ3) is 4.75. The van der Waals surface area contributed by atoms with Crippen LogP contribution in [0.1, 0.15) is 16.1 Å². The number of rotatable bonds is 7. The molecule has 0 radical (unpaired) electrons. The van der Waals surface area contributed by atoms with Crippen molar-refractivity contribution in [3.05, 3.63) is 41.9 Å². The molecule has 29 heavy (non-hydrogen) atoms. The molecule has 2 aliphatic rings. The largest absolute Gasteiger partial charge is 0.454 e. The van der Waals surface area contributed by atoms with Crippen molar-refractivity contribution in [3.63, 3.8) is 0 Å². The van der Waals surface area contributed by atoms with Gasteiger partial charge in [-0.25, -0.2) is 9.97 Å². The number of hydrogen-bond donors (Lipinski definition) is 1. The van der Waals surface area contributed by atoms with Crippen molar-refractivity contribution < 1.29 is 19.0 Å². The molecule has 0 aliphatic carbocycles. The number of anilines is 1. The standard InChI is InChI=1S/C20H25N5O4/c1-27-9-4-21-20(26)16-11-19(23-13-22-16)25-7-5-24(6-8-25)12-15-2-3-17-18(10-15)29-14-28-17/h2-3,10-11,13H,4-9,12,14H2,1H3,(H,21,26). The molecule has 9 nitrogen and oxygen atoms in total. The number of ether oxygens (including phenoxy) is 3. The Hall–Kier alpha value is -2.91. The van der Waals surface area contributed by atoms with Gasteiger partial charge >= 0.3 is 0 Å². The number of fused-ring (bicyclic) bond motifs is 1. The third-order valence-corrected chi connectivity index (χ3v) is 5.02. The number of methoxy groups -OCH3 is 1. The summed E-state index contributed by atoms with van der Waals surface area (Å²) >= 11 is 0. The van der Waals surface area contributed by atoms with Gasteiger partial charge in [0.1, 0.15) is 17.8 Å². The Labute approximate surface area is 169 Å². The summed E-state index contributed by atoms with van der Waals surface area (Å²) in [5.74, 6) is 2.19. The number of nitrogens with one attached hydrogen (secondary N) is 1. The van der Waals surface area contributed by atoms with E-state index in [-0.39, 0.29) is 5.91 Å². The lowest BCUT2D eigenvalue weighted by atomic mass is 10.1. The van der Waals surface area contributed by atoms with Crippen LogP contribution in [0.15, 0.2) is 30.6 Å². The number of aromatic nitrogens is 2. The van der Waals surface area contributed by atoms with Crippen LogP contribution in [0.5, 0.6) is 11.5 Å². The van der Waals surface area contributed by atoms with Gasteiger partial charge in [-0.15, -0.1) is 0 Å². The highest BCUT2D eigenvalue weighted by Crippen LogP contribution is 2.32. The van der Waals surface area contributed by atoms with Crippen LogP contribution in [-0.2, 0) is 11.3 Å². The van der Waals surface area contributed by atoms with E-state index >= 15 is 0 Å². The average Bonchev–Trinajstić information content (AvgIpc) is 3.22. The van der Waals surface area contributed by atoms with E-state index in [1.165, 1.54) is 11.9 Å². The van der Waals surface area contributed by atoms with E-state index in [4.69, 9.17) is 14.2 Å². The van der Waals surface area contributed by atoms with Crippen molar-refractivity contribution in [3.8, 4) is 11.5 Å². The monoisotopic (exact) mass is 399 g/mol. The molecule has 3 heterocycles. The zero-order valence-corrected chi connectivity index (χ0v) is 16.5. The first-order valence-electron chi connectivity index (χ1n) is 9.68. The zero-order valence-electron chi connectivity index (χ0n) is 16.5. The minimum atomic E-state index is -0.216. The summed E-state index contributed by atoms with van der Waals surface area (Å²) in [6.45, 7) is 5.58.